The summed E-state index contributed by atoms with van der Waals surface area (Å²) in [6, 6.07) is 1.93. The molecule has 0 bridgehead atoms. The van der Waals surface area contributed by atoms with Crippen molar-refractivity contribution < 1.29 is 9.53 Å². The van der Waals surface area contributed by atoms with Crippen LogP contribution in [0.3, 0.4) is 0 Å². The Balaban J connectivity index is 1.40. The molecule has 4 heterocycles. The zero-order valence-electron chi connectivity index (χ0n) is 12.7. The summed E-state index contributed by atoms with van der Waals surface area (Å²) in [6.45, 7) is 3.61. The monoisotopic (exact) mass is 302 g/mol. The molecule has 0 saturated carbocycles. The molecule has 0 aromatic carbocycles. The van der Waals surface area contributed by atoms with E-state index < -0.39 is 0 Å². The number of piperidine rings is 1. The number of hydrogen-bond acceptors (Lipinski definition) is 5. The molecule has 3 atom stereocenters. The first-order valence-electron chi connectivity index (χ1n) is 8.26. The molecule has 6 heteroatoms. The van der Waals surface area contributed by atoms with Crippen LogP contribution in [0.1, 0.15) is 25.7 Å². The molecule has 4 rings (SSSR count). The van der Waals surface area contributed by atoms with E-state index in [0.717, 1.165) is 57.7 Å². The van der Waals surface area contributed by atoms with Crippen molar-refractivity contribution >= 4 is 11.7 Å². The molecule has 3 fully saturated rings. The number of rotatable bonds is 2. The number of carbonyl (C=O) groups is 1. The Bertz CT molecular complexity index is 532. The van der Waals surface area contributed by atoms with Crippen molar-refractivity contribution in [3.05, 3.63) is 18.6 Å². The van der Waals surface area contributed by atoms with E-state index in [4.69, 9.17) is 4.74 Å². The number of ether oxygens (including phenoxy) is 1. The van der Waals surface area contributed by atoms with Crippen LogP contribution in [0.2, 0.25) is 0 Å². The Kier molecular flexibility index (Phi) is 3.70. The molecule has 22 heavy (non-hydrogen) atoms. The normalized spacial score (nSPS) is 31.4. The van der Waals surface area contributed by atoms with Crippen molar-refractivity contribution in [3.8, 4) is 0 Å². The number of amides is 1. The van der Waals surface area contributed by atoms with Crippen LogP contribution in [-0.4, -0.2) is 59.2 Å². The van der Waals surface area contributed by atoms with Gasteiger partial charge in [0.25, 0.3) is 5.91 Å². The van der Waals surface area contributed by atoms with Crippen LogP contribution in [0.5, 0.6) is 0 Å². The Morgan fingerprint density at radius 2 is 2.14 bits per heavy atom. The summed E-state index contributed by atoms with van der Waals surface area (Å²) in [7, 11) is 0. The van der Waals surface area contributed by atoms with Crippen LogP contribution < -0.4 is 4.90 Å². The zero-order valence-corrected chi connectivity index (χ0v) is 12.7. The number of carbonyl (C=O) groups excluding carboxylic acids is 1. The van der Waals surface area contributed by atoms with Gasteiger partial charge in [-0.25, -0.2) is 9.97 Å². The topological polar surface area (TPSA) is 58.6 Å². The van der Waals surface area contributed by atoms with Gasteiger partial charge < -0.3 is 14.5 Å². The summed E-state index contributed by atoms with van der Waals surface area (Å²) in [6.07, 6.45) is 7.49. The van der Waals surface area contributed by atoms with Gasteiger partial charge >= 0.3 is 0 Å². The highest BCUT2D eigenvalue weighted by atomic mass is 16.5. The van der Waals surface area contributed by atoms with E-state index in [-0.39, 0.29) is 18.1 Å². The van der Waals surface area contributed by atoms with Gasteiger partial charge in [0.05, 0.1) is 6.10 Å². The van der Waals surface area contributed by atoms with E-state index >= 15 is 0 Å². The lowest BCUT2D eigenvalue weighted by atomic mass is 9.91. The average Bonchev–Trinajstić information content (AvgIpc) is 3.23. The van der Waals surface area contributed by atoms with E-state index in [1.165, 1.54) is 0 Å². The number of hydrogen-bond donors (Lipinski definition) is 0. The van der Waals surface area contributed by atoms with Crippen molar-refractivity contribution in [3.63, 3.8) is 0 Å². The zero-order chi connectivity index (χ0) is 14.9. The maximum absolute atomic E-state index is 12.5. The first kappa shape index (κ1) is 13.9. The minimum absolute atomic E-state index is 0.153. The molecule has 1 aromatic rings. The maximum Gasteiger partial charge on any atom is 0.251 e. The minimum Gasteiger partial charge on any atom is -0.363 e. The van der Waals surface area contributed by atoms with Gasteiger partial charge in [0, 0.05) is 32.4 Å². The predicted molar refractivity (Wildman–Crippen MR) is 81.4 cm³/mol. The largest absolute Gasteiger partial charge is 0.363 e. The molecule has 3 aliphatic heterocycles. The lowest BCUT2D eigenvalue weighted by Crippen LogP contribution is -2.43. The molecular weight excluding hydrogens is 280 g/mol. The summed E-state index contributed by atoms with van der Waals surface area (Å²) in [5.74, 6) is 1.67. The van der Waals surface area contributed by atoms with Crippen molar-refractivity contribution in [2.45, 2.75) is 37.9 Å². The Labute approximate surface area is 130 Å². The molecule has 0 aliphatic carbocycles. The molecule has 0 spiro atoms. The van der Waals surface area contributed by atoms with Gasteiger partial charge in [0.2, 0.25) is 0 Å². The second-order valence-electron chi connectivity index (χ2n) is 6.49. The van der Waals surface area contributed by atoms with Crippen LogP contribution in [-0.2, 0) is 9.53 Å². The number of aromatic nitrogens is 2. The molecule has 118 valence electrons. The predicted octanol–water partition coefficient (Wildman–Crippen LogP) is 1.08. The highest BCUT2D eigenvalue weighted by molar-refractivity contribution is 5.81. The van der Waals surface area contributed by atoms with Gasteiger partial charge in [-0.2, -0.15) is 0 Å². The van der Waals surface area contributed by atoms with E-state index in [9.17, 15) is 4.79 Å². The van der Waals surface area contributed by atoms with Gasteiger partial charge in [-0.1, -0.05) is 0 Å². The molecule has 3 saturated heterocycles. The van der Waals surface area contributed by atoms with Crippen molar-refractivity contribution in [1.82, 2.24) is 14.9 Å². The molecule has 1 aromatic heterocycles. The molecule has 0 radical (unpaired) electrons. The minimum atomic E-state index is -0.224. The summed E-state index contributed by atoms with van der Waals surface area (Å²) < 4.78 is 6.12. The van der Waals surface area contributed by atoms with Crippen molar-refractivity contribution in [1.29, 1.82) is 0 Å². The lowest BCUT2D eigenvalue weighted by Gasteiger charge is -2.34. The maximum atomic E-state index is 12.5. The van der Waals surface area contributed by atoms with E-state index in [1.807, 2.05) is 11.0 Å². The molecule has 6 nitrogen and oxygen atoms in total. The van der Waals surface area contributed by atoms with Gasteiger partial charge in [-0.3, -0.25) is 4.79 Å². The number of nitrogens with zero attached hydrogens (tertiary/aromatic N) is 4. The lowest BCUT2D eigenvalue weighted by molar-refractivity contribution is -0.141. The fourth-order valence-corrected chi connectivity index (χ4v) is 3.91. The third-order valence-electron chi connectivity index (χ3n) is 5.14. The second kappa shape index (κ2) is 5.83. The number of anilines is 1. The first-order chi connectivity index (χ1) is 10.8. The molecule has 0 N–H and O–H groups in total. The summed E-state index contributed by atoms with van der Waals surface area (Å²) in [4.78, 5) is 25.0. The highest BCUT2D eigenvalue weighted by Crippen LogP contribution is 2.35. The SMILES string of the molecule is O=C([C@@H]1C[C@@H]2CCN(c3ccncn3)C[C@H]2O1)N1CCCC1. The summed E-state index contributed by atoms with van der Waals surface area (Å²) >= 11 is 0. The smallest absolute Gasteiger partial charge is 0.251 e. The highest BCUT2D eigenvalue weighted by Gasteiger charge is 2.43. The van der Waals surface area contributed by atoms with Gasteiger partial charge in [0.15, 0.2) is 0 Å². The van der Waals surface area contributed by atoms with Gasteiger partial charge in [-0.15, -0.1) is 0 Å². The second-order valence-corrected chi connectivity index (χ2v) is 6.49. The van der Waals surface area contributed by atoms with Crippen LogP contribution in [0.25, 0.3) is 0 Å². The standard InChI is InChI=1S/C16H22N4O2/c21-16(19-6-1-2-7-19)13-9-12-4-8-20(10-14(12)22-13)15-3-5-17-11-18-15/h3,5,11-14H,1-2,4,6-10H2/t12-,13-,14+/m0/s1. The van der Waals surface area contributed by atoms with E-state index in [0.29, 0.717) is 5.92 Å². The van der Waals surface area contributed by atoms with E-state index in [1.54, 1.807) is 12.5 Å². The first-order valence-corrected chi connectivity index (χ1v) is 8.26. The Morgan fingerprint density at radius 1 is 1.27 bits per heavy atom. The Hall–Kier alpha value is -1.69. The third-order valence-corrected chi connectivity index (χ3v) is 5.14. The summed E-state index contributed by atoms with van der Waals surface area (Å²) in [5, 5.41) is 0. The fraction of sp³-hybridized carbons (Fsp3) is 0.688. The Morgan fingerprint density at radius 3 is 2.91 bits per heavy atom. The number of likely N-dealkylation sites (tertiary alicyclic amines) is 1. The van der Waals surface area contributed by atoms with E-state index in [2.05, 4.69) is 14.9 Å². The molecule has 3 aliphatic rings. The average molecular weight is 302 g/mol. The van der Waals surface area contributed by atoms with Crippen molar-refractivity contribution in [2.75, 3.05) is 31.1 Å². The summed E-state index contributed by atoms with van der Waals surface area (Å²) in [5.41, 5.74) is 0. The number of fused-ring (bicyclic) bond motifs is 1. The van der Waals surface area contributed by atoms with Gasteiger partial charge in [-0.05, 0) is 37.7 Å². The van der Waals surface area contributed by atoms with Crippen LogP contribution in [0.15, 0.2) is 18.6 Å². The van der Waals surface area contributed by atoms with Gasteiger partial charge in [0.1, 0.15) is 18.2 Å². The fourth-order valence-electron chi connectivity index (χ4n) is 3.91. The van der Waals surface area contributed by atoms with Crippen LogP contribution in [0.4, 0.5) is 5.82 Å². The third kappa shape index (κ3) is 2.56. The molecule has 1 amide bonds. The van der Waals surface area contributed by atoms with Crippen molar-refractivity contribution in [2.24, 2.45) is 5.92 Å². The quantitative estimate of drug-likeness (QED) is 0.818. The molecular formula is C16H22N4O2. The van der Waals surface area contributed by atoms with Crippen LogP contribution in [0, 0.1) is 5.92 Å². The molecule has 0 unspecified atom stereocenters. The van der Waals surface area contributed by atoms with Crippen LogP contribution >= 0.6 is 0 Å².